The number of halogens is 1. The van der Waals surface area contributed by atoms with Crippen molar-refractivity contribution in [2.24, 2.45) is 10.7 Å². The average Bonchev–Trinajstić information content (AvgIpc) is 2.71. The molecular formula is C21H24ClN5O2. The highest BCUT2D eigenvalue weighted by Crippen LogP contribution is 2.39. The molecule has 0 fully saturated rings. The van der Waals surface area contributed by atoms with Crippen LogP contribution in [-0.2, 0) is 10.3 Å². The van der Waals surface area contributed by atoms with E-state index in [0.29, 0.717) is 17.1 Å². The van der Waals surface area contributed by atoms with E-state index in [1.165, 1.54) is 11.1 Å². The molecule has 1 atom stereocenters. The predicted molar refractivity (Wildman–Crippen MR) is 114 cm³/mol. The normalized spacial score (nSPS) is 19.1. The Morgan fingerprint density at radius 2 is 2.14 bits per heavy atom. The SMILES string of the molecule is CCCC[C@@]1(c2cccc(NC(=O)c3ccc(Cl)cn3)c2)CC(=O)N(C)C(N)=N1. The highest BCUT2D eigenvalue weighted by Gasteiger charge is 2.39. The molecule has 1 aliphatic heterocycles. The van der Waals surface area contributed by atoms with Crippen molar-refractivity contribution < 1.29 is 9.59 Å². The standard InChI is InChI=1S/C21H24ClN5O2/c1-3-4-10-21(12-18(28)27(2)20(23)26-21)14-6-5-7-16(11-14)25-19(29)17-9-8-15(22)13-24-17/h5-9,11,13H,3-4,10,12H2,1-2H3,(H2,23,26)(H,25,29)/t21-/m0/s1. The van der Waals surface area contributed by atoms with Crippen LogP contribution < -0.4 is 11.1 Å². The summed E-state index contributed by atoms with van der Waals surface area (Å²) < 4.78 is 0. The number of carbonyl (C=O) groups excluding carboxylic acids is 2. The molecule has 1 aromatic heterocycles. The van der Waals surface area contributed by atoms with Gasteiger partial charge in [0.1, 0.15) is 5.69 Å². The van der Waals surface area contributed by atoms with Crippen molar-refractivity contribution in [3.05, 3.63) is 58.9 Å². The second-order valence-corrected chi connectivity index (χ2v) is 7.57. The van der Waals surface area contributed by atoms with Gasteiger partial charge < -0.3 is 11.1 Å². The first-order chi connectivity index (χ1) is 13.8. The minimum Gasteiger partial charge on any atom is -0.369 e. The van der Waals surface area contributed by atoms with Crippen LogP contribution in [0.25, 0.3) is 0 Å². The summed E-state index contributed by atoms with van der Waals surface area (Å²) in [5.74, 6) is -0.213. The van der Waals surface area contributed by atoms with Gasteiger partial charge in [-0.2, -0.15) is 0 Å². The van der Waals surface area contributed by atoms with E-state index in [2.05, 4.69) is 17.2 Å². The van der Waals surface area contributed by atoms with Crippen LogP contribution in [-0.4, -0.2) is 34.7 Å². The maximum absolute atomic E-state index is 12.5. The number of rotatable bonds is 6. The monoisotopic (exact) mass is 413 g/mol. The van der Waals surface area contributed by atoms with Crippen LogP contribution in [0.5, 0.6) is 0 Å². The van der Waals surface area contributed by atoms with Gasteiger partial charge in [0.2, 0.25) is 5.91 Å². The first kappa shape index (κ1) is 20.8. The van der Waals surface area contributed by atoms with Crippen molar-refractivity contribution in [2.45, 2.75) is 38.1 Å². The number of amides is 2. The number of aromatic nitrogens is 1. The van der Waals surface area contributed by atoms with Crippen LogP contribution in [0.2, 0.25) is 5.02 Å². The molecule has 2 amide bonds. The van der Waals surface area contributed by atoms with Gasteiger partial charge in [0, 0.05) is 18.9 Å². The molecule has 3 N–H and O–H groups in total. The van der Waals surface area contributed by atoms with Crippen LogP contribution in [0.15, 0.2) is 47.6 Å². The molecule has 0 radical (unpaired) electrons. The first-order valence-corrected chi connectivity index (χ1v) is 9.88. The first-order valence-electron chi connectivity index (χ1n) is 9.50. The Balaban J connectivity index is 1.92. The van der Waals surface area contributed by atoms with E-state index in [4.69, 9.17) is 22.3 Å². The number of nitrogens with one attached hydrogen (secondary N) is 1. The van der Waals surface area contributed by atoms with Crippen LogP contribution >= 0.6 is 11.6 Å². The second-order valence-electron chi connectivity index (χ2n) is 7.13. The molecule has 0 unspecified atom stereocenters. The maximum Gasteiger partial charge on any atom is 0.274 e. The Labute approximate surface area is 175 Å². The number of aliphatic imine (C=N–C) groups is 1. The van der Waals surface area contributed by atoms with Crippen molar-refractivity contribution in [3.8, 4) is 0 Å². The second kappa shape index (κ2) is 8.61. The highest BCUT2D eigenvalue weighted by atomic mass is 35.5. The summed E-state index contributed by atoms with van der Waals surface area (Å²) in [6.45, 7) is 2.09. The molecular weight excluding hydrogens is 390 g/mol. The summed E-state index contributed by atoms with van der Waals surface area (Å²) in [7, 11) is 1.63. The fraction of sp³-hybridized carbons (Fsp3) is 0.333. The fourth-order valence-corrected chi connectivity index (χ4v) is 3.46. The quantitative estimate of drug-likeness (QED) is 0.756. The third-order valence-electron chi connectivity index (χ3n) is 5.05. The van der Waals surface area contributed by atoms with Crippen molar-refractivity contribution >= 4 is 35.1 Å². The van der Waals surface area contributed by atoms with Gasteiger partial charge in [-0.1, -0.05) is 43.5 Å². The molecule has 0 spiro atoms. The van der Waals surface area contributed by atoms with E-state index in [9.17, 15) is 9.59 Å². The molecule has 1 aromatic carbocycles. The number of unbranched alkanes of at least 4 members (excludes halogenated alkanes) is 1. The van der Waals surface area contributed by atoms with Gasteiger partial charge in [-0.25, -0.2) is 9.98 Å². The largest absolute Gasteiger partial charge is 0.369 e. The lowest BCUT2D eigenvalue weighted by atomic mass is 9.81. The van der Waals surface area contributed by atoms with E-state index in [1.54, 1.807) is 25.2 Å². The van der Waals surface area contributed by atoms with Crippen molar-refractivity contribution in [3.63, 3.8) is 0 Å². The Kier molecular flexibility index (Phi) is 6.17. The molecule has 0 aliphatic carbocycles. The molecule has 2 aromatic rings. The van der Waals surface area contributed by atoms with Gasteiger partial charge in [-0.05, 0) is 36.2 Å². The summed E-state index contributed by atoms with van der Waals surface area (Å²) >= 11 is 5.83. The van der Waals surface area contributed by atoms with E-state index < -0.39 is 5.54 Å². The zero-order valence-electron chi connectivity index (χ0n) is 16.5. The van der Waals surface area contributed by atoms with E-state index in [-0.39, 0.29) is 29.9 Å². The molecule has 152 valence electrons. The molecule has 0 bridgehead atoms. The smallest absolute Gasteiger partial charge is 0.274 e. The number of anilines is 1. The third kappa shape index (κ3) is 4.56. The lowest BCUT2D eigenvalue weighted by Gasteiger charge is -2.37. The summed E-state index contributed by atoms with van der Waals surface area (Å²) in [4.78, 5) is 35.1. The molecule has 8 heteroatoms. The number of hydrogen-bond acceptors (Lipinski definition) is 5. The molecule has 1 aliphatic rings. The zero-order chi connectivity index (χ0) is 21.0. The summed E-state index contributed by atoms with van der Waals surface area (Å²) in [6.07, 6.45) is 4.23. The van der Waals surface area contributed by atoms with Crippen LogP contribution in [0.3, 0.4) is 0 Å². The van der Waals surface area contributed by atoms with E-state index in [1.807, 2.05) is 18.2 Å². The third-order valence-corrected chi connectivity index (χ3v) is 5.28. The predicted octanol–water partition coefficient (Wildman–Crippen LogP) is 3.55. The Hall–Kier alpha value is -2.93. The topological polar surface area (TPSA) is 101 Å². The summed E-state index contributed by atoms with van der Waals surface area (Å²) in [6, 6.07) is 10.6. The Bertz CT molecular complexity index is 944. The van der Waals surface area contributed by atoms with Crippen molar-refractivity contribution in [1.29, 1.82) is 0 Å². The number of nitrogens with two attached hydrogens (primary N) is 1. The number of nitrogens with zero attached hydrogens (tertiary/aromatic N) is 3. The van der Waals surface area contributed by atoms with E-state index in [0.717, 1.165) is 18.4 Å². The lowest BCUT2D eigenvalue weighted by Crippen LogP contribution is -2.48. The van der Waals surface area contributed by atoms with Gasteiger partial charge in [-0.15, -0.1) is 0 Å². The summed E-state index contributed by atoms with van der Waals surface area (Å²) in [5, 5.41) is 3.30. The lowest BCUT2D eigenvalue weighted by molar-refractivity contribution is -0.128. The van der Waals surface area contributed by atoms with Gasteiger partial charge >= 0.3 is 0 Å². The molecule has 0 saturated carbocycles. The van der Waals surface area contributed by atoms with Crippen molar-refractivity contribution in [1.82, 2.24) is 9.88 Å². The van der Waals surface area contributed by atoms with Gasteiger partial charge in [0.05, 0.1) is 17.0 Å². The molecule has 7 nitrogen and oxygen atoms in total. The minimum atomic E-state index is -0.733. The zero-order valence-corrected chi connectivity index (χ0v) is 17.2. The maximum atomic E-state index is 12.5. The molecule has 2 heterocycles. The highest BCUT2D eigenvalue weighted by molar-refractivity contribution is 6.30. The number of carbonyl (C=O) groups is 2. The van der Waals surface area contributed by atoms with Crippen LogP contribution in [0.4, 0.5) is 5.69 Å². The van der Waals surface area contributed by atoms with E-state index >= 15 is 0 Å². The Morgan fingerprint density at radius 3 is 2.79 bits per heavy atom. The fourth-order valence-electron chi connectivity index (χ4n) is 3.35. The van der Waals surface area contributed by atoms with Gasteiger partial charge in [-0.3, -0.25) is 14.5 Å². The minimum absolute atomic E-state index is 0.0756. The molecule has 0 saturated heterocycles. The summed E-state index contributed by atoms with van der Waals surface area (Å²) in [5.41, 5.74) is 7.00. The molecule has 3 rings (SSSR count). The number of guanidine groups is 1. The van der Waals surface area contributed by atoms with Gasteiger partial charge in [0.25, 0.3) is 5.91 Å². The van der Waals surface area contributed by atoms with Gasteiger partial charge in [0.15, 0.2) is 5.96 Å². The number of pyridine rings is 1. The molecule has 29 heavy (non-hydrogen) atoms. The van der Waals surface area contributed by atoms with Crippen molar-refractivity contribution in [2.75, 3.05) is 12.4 Å². The van der Waals surface area contributed by atoms with Crippen LogP contribution in [0.1, 0.15) is 48.7 Å². The number of hydrogen-bond donors (Lipinski definition) is 2. The average molecular weight is 414 g/mol. The number of benzene rings is 1. The van der Waals surface area contributed by atoms with Crippen LogP contribution in [0, 0.1) is 0 Å². The Morgan fingerprint density at radius 1 is 1.34 bits per heavy atom.